The Bertz CT molecular complexity index is 575. The van der Waals surface area contributed by atoms with Gasteiger partial charge in [-0.2, -0.15) is 0 Å². The van der Waals surface area contributed by atoms with Crippen LogP contribution in [0.15, 0.2) is 12.1 Å². The Morgan fingerprint density at radius 3 is 2.74 bits per heavy atom. The molecule has 0 aromatic heterocycles. The van der Waals surface area contributed by atoms with Gasteiger partial charge < -0.3 is 15.4 Å². The van der Waals surface area contributed by atoms with Crippen molar-refractivity contribution in [3.8, 4) is 5.75 Å². The minimum absolute atomic E-state index is 0.0408. The third-order valence-electron chi connectivity index (χ3n) is 3.20. The molecule has 0 radical (unpaired) electrons. The third-order valence-corrected chi connectivity index (χ3v) is 4.91. The van der Waals surface area contributed by atoms with Gasteiger partial charge in [-0.1, -0.05) is 0 Å². The van der Waals surface area contributed by atoms with Gasteiger partial charge in [-0.15, -0.1) is 0 Å². The quantitative estimate of drug-likeness (QED) is 0.823. The number of rotatable bonds is 2. The van der Waals surface area contributed by atoms with Crippen LogP contribution in [0.25, 0.3) is 0 Å². The first-order chi connectivity index (χ1) is 8.93. The van der Waals surface area contributed by atoms with E-state index in [1.165, 1.54) is 19.2 Å². The first-order valence-electron chi connectivity index (χ1n) is 6.01. The molecule has 0 saturated carbocycles. The van der Waals surface area contributed by atoms with Crippen molar-refractivity contribution in [2.75, 3.05) is 42.3 Å². The van der Waals surface area contributed by atoms with Crippen LogP contribution in [0, 0.1) is 5.82 Å². The fourth-order valence-corrected chi connectivity index (χ4v) is 3.43. The van der Waals surface area contributed by atoms with E-state index < -0.39 is 15.7 Å². The number of nitrogens with two attached hydrogens (primary N) is 1. The number of sulfone groups is 1. The molecule has 5 nitrogen and oxygen atoms in total. The van der Waals surface area contributed by atoms with Gasteiger partial charge in [0.1, 0.15) is 11.6 Å². The van der Waals surface area contributed by atoms with Crippen LogP contribution < -0.4 is 15.4 Å². The standard InChI is InChI=1S/C12H17FN2O3S/c1-18-12-8-11(9(13)7-10(12)14)15-3-2-5-19(16,17)6-4-15/h7-8H,2-6,14H2,1H3. The van der Waals surface area contributed by atoms with E-state index in [4.69, 9.17) is 10.5 Å². The van der Waals surface area contributed by atoms with Crippen molar-refractivity contribution in [3.05, 3.63) is 17.9 Å². The topological polar surface area (TPSA) is 72.6 Å². The first-order valence-corrected chi connectivity index (χ1v) is 7.83. The van der Waals surface area contributed by atoms with Crippen molar-refractivity contribution in [2.45, 2.75) is 6.42 Å². The second-order valence-electron chi connectivity index (χ2n) is 4.54. The summed E-state index contributed by atoms with van der Waals surface area (Å²) in [6.45, 7) is 0.787. The van der Waals surface area contributed by atoms with Gasteiger partial charge in [0.25, 0.3) is 0 Å². The van der Waals surface area contributed by atoms with Crippen molar-refractivity contribution in [3.63, 3.8) is 0 Å². The molecule has 2 rings (SSSR count). The predicted molar refractivity (Wildman–Crippen MR) is 72.8 cm³/mol. The summed E-state index contributed by atoms with van der Waals surface area (Å²) in [5.74, 6) is 0.122. The highest BCUT2D eigenvalue weighted by molar-refractivity contribution is 7.91. The summed E-state index contributed by atoms with van der Waals surface area (Å²) in [5.41, 5.74) is 6.19. The molecule has 0 unspecified atom stereocenters. The second kappa shape index (κ2) is 5.24. The molecule has 1 aromatic rings. The lowest BCUT2D eigenvalue weighted by Crippen LogP contribution is -2.27. The molecule has 0 spiro atoms. The number of nitrogens with zero attached hydrogens (tertiary/aromatic N) is 1. The van der Waals surface area contributed by atoms with Crippen molar-refractivity contribution in [1.82, 2.24) is 0 Å². The molecule has 0 amide bonds. The monoisotopic (exact) mass is 288 g/mol. The van der Waals surface area contributed by atoms with Gasteiger partial charge >= 0.3 is 0 Å². The number of methoxy groups -OCH3 is 1. The SMILES string of the molecule is COc1cc(N2CCCS(=O)(=O)CC2)c(F)cc1N. The van der Waals surface area contributed by atoms with Crippen LogP contribution in [-0.4, -0.2) is 40.1 Å². The number of hydrogen-bond donors (Lipinski definition) is 1. The molecule has 1 heterocycles. The largest absolute Gasteiger partial charge is 0.495 e. The number of halogens is 1. The number of benzene rings is 1. The van der Waals surface area contributed by atoms with Gasteiger partial charge in [-0.3, -0.25) is 0 Å². The van der Waals surface area contributed by atoms with Gasteiger partial charge in [-0.25, -0.2) is 12.8 Å². The van der Waals surface area contributed by atoms with Crippen LogP contribution in [0.3, 0.4) is 0 Å². The Balaban J connectivity index is 2.31. The van der Waals surface area contributed by atoms with Crippen molar-refractivity contribution in [2.24, 2.45) is 0 Å². The Morgan fingerprint density at radius 1 is 1.32 bits per heavy atom. The molecule has 106 valence electrons. The van der Waals surface area contributed by atoms with E-state index >= 15 is 0 Å². The Hall–Kier alpha value is -1.50. The summed E-state index contributed by atoms with van der Waals surface area (Å²) in [5, 5.41) is 0. The normalized spacial score (nSPS) is 18.9. The van der Waals surface area contributed by atoms with E-state index in [1.54, 1.807) is 4.90 Å². The van der Waals surface area contributed by atoms with Crippen LogP contribution in [-0.2, 0) is 9.84 Å². The Morgan fingerprint density at radius 2 is 2.05 bits per heavy atom. The van der Waals surface area contributed by atoms with Crippen LogP contribution in [0.4, 0.5) is 15.8 Å². The van der Waals surface area contributed by atoms with Crippen LogP contribution in [0.2, 0.25) is 0 Å². The molecule has 0 aliphatic carbocycles. The summed E-state index contributed by atoms with van der Waals surface area (Å²) in [6.07, 6.45) is 0.495. The lowest BCUT2D eigenvalue weighted by Gasteiger charge is -2.23. The van der Waals surface area contributed by atoms with Crippen molar-refractivity contribution < 1.29 is 17.5 Å². The maximum absolute atomic E-state index is 13.9. The molecule has 1 aliphatic heterocycles. The highest BCUT2D eigenvalue weighted by Gasteiger charge is 2.22. The fourth-order valence-electron chi connectivity index (χ4n) is 2.16. The third kappa shape index (κ3) is 3.09. The lowest BCUT2D eigenvalue weighted by molar-refractivity contribution is 0.416. The van der Waals surface area contributed by atoms with Crippen molar-refractivity contribution >= 4 is 21.2 Å². The molecule has 0 atom stereocenters. The van der Waals surface area contributed by atoms with E-state index in [0.717, 1.165) is 0 Å². The van der Waals surface area contributed by atoms with Gasteiger partial charge in [0.15, 0.2) is 9.84 Å². The molecule has 1 aliphatic rings. The summed E-state index contributed by atoms with van der Waals surface area (Å²) in [4.78, 5) is 1.72. The van der Waals surface area contributed by atoms with E-state index in [2.05, 4.69) is 0 Å². The maximum Gasteiger partial charge on any atom is 0.152 e. The predicted octanol–water partition coefficient (Wildman–Crippen LogP) is 1.04. The molecule has 1 saturated heterocycles. The van der Waals surface area contributed by atoms with Crippen LogP contribution in [0.5, 0.6) is 5.75 Å². The number of ether oxygens (including phenoxy) is 1. The highest BCUT2D eigenvalue weighted by Crippen LogP contribution is 2.31. The summed E-state index contributed by atoms with van der Waals surface area (Å²) in [6, 6.07) is 2.72. The number of hydrogen-bond acceptors (Lipinski definition) is 5. The Kier molecular flexibility index (Phi) is 3.84. The molecule has 1 aromatic carbocycles. The zero-order valence-corrected chi connectivity index (χ0v) is 11.5. The van der Waals surface area contributed by atoms with E-state index in [9.17, 15) is 12.8 Å². The van der Waals surface area contributed by atoms with Crippen molar-refractivity contribution in [1.29, 1.82) is 0 Å². The molecule has 2 N–H and O–H groups in total. The molecule has 7 heteroatoms. The highest BCUT2D eigenvalue weighted by atomic mass is 32.2. The molecule has 1 fully saturated rings. The molecule has 0 bridgehead atoms. The Labute approximate surface area is 112 Å². The zero-order valence-electron chi connectivity index (χ0n) is 10.7. The maximum atomic E-state index is 13.9. The van der Waals surface area contributed by atoms with Gasteiger partial charge in [0, 0.05) is 25.2 Å². The molecule has 19 heavy (non-hydrogen) atoms. The van der Waals surface area contributed by atoms with E-state index in [-0.39, 0.29) is 23.7 Å². The van der Waals surface area contributed by atoms with E-state index in [1.807, 2.05) is 0 Å². The average molecular weight is 288 g/mol. The average Bonchev–Trinajstić information content (AvgIpc) is 2.51. The summed E-state index contributed by atoms with van der Waals surface area (Å²) < 4.78 is 42.1. The fraction of sp³-hybridized carbons (Fsp3) is 0.500. The number of anilines is 2. The summed E-state index contributed by atoms with van der Waals surface area (Å²) >= 11 is 0. The van der Waals surface area contributed by atoms with Crippen LogP contribution in [0.1, 0.15) is 6.42 Å². The minimum Gasteiger partial charge on any atom is -0.495 e. The van der Waals surface area contributed by atoms with Gasteiger partial charge in [0.2, 0.25) is 0 Å². The molecular weight excluding hydrogens is 271 g/mol. The summed E-state index contributed by atoms with van der Waals surface area (Å²) in [7, 11) is -1.56. The minimum atomic E-state index is -3.02. The van der Waals surface area contributed by atoms with Gasteiger partial charge in [0.05, 0.1) is 30.0 Å². The zero-order chi connectivity index (χ0) is 14.0. The smallest absolute Gasteiger partial charge is 0.152 e. The number of nitrogen functional groups attached to an aromatic ring is 1. The van der Waals surface area contributed by atoms with Gasteiger partial charge in [-0.05, 0) is 6.42 Å². The molecular formula is C12H17FN2O3S. The first kappa shape index (κ1) is 13.9. The van der Waals surface area contributed by atoms with E-state index in [0.29, 0.717) is 24.4 Å². The second-order valence-corrected chi connectivity index (χ2v) is 6.84. The van der Waals surface area contributed by atoms with Crippen LogP contribution >= 0.6 is 0 Å². The lowest BCUT2D eigenvalue weighted by atomic mass is 10.2.